The third kappa shape index (κ3) is 4.36. The van der Waals surface area contributed by atoms with E-state index in [-0.39, 0.29) is 23.3 Å². The van der Waals surface area contributed by atoms with Crippen LogP contribution in [-0.2, 0) is 4.79 Å². The molecule has 0 unspecified atom stereocenters. The second-order valence-electron chi connectivity index (χ2n) is 7.72. The van der Waals surface area contributed by atoms with Gasteiger partial charge in [0.05, 0.1) is 6.26 Å². The minimum Gasteiger partial charge on any atom is -0.465 e. The van der Waals surface area contributed by atoms with Crippen molar-refractivity contribution in [2.24, 2.45) is 5.92 Å². The number of nitrogens with one attached hydrogen (secondary N) is 1. The van der Waals surface area contributed by atoms with Crippen LogP contribution in [-0.4, -0.2) is 53.6 Å². The summed E-state index contributed by atoms with van der Waals surface area (Å²) < 4.78 is 7.11. The summed E-state index contributed by atoms with van der Waals surface area (Å²) in [5.74, 6) is 2.07. The molecule has 2 aromatic heterocycles. The fourth-order valence-corrected chi connectivity index (χ4v) is 4.91. The maximum atomic E-state index is 13.0. The van der Waals surface area contributed by atoms with Crippen LogP contribution in [0.1, 0.15) is 29.8 Å². The van der Waals surface area contributed by atoms with Crippen LogP contribution >= 0.6 is 11.8 Å². The number of pyridine rings is 1. The first kappa shape index (κ1) is 20.0. The molecule has 1 fully saturated rings. The largest absolute Gasteiger partial charge is 0.465 e. The van der Waals surface area contributed by atoms with Gasteiger partial charge in [-0.2, -0.15) is 11.8 Å². The van der Waals surface area contributed by atoms with Crippen LogP contribution in [0.4, 0.5) is 0 Å². The molecule has 0 aliphatic carbocycles. The minimum atomic E-state index is -0.436. The highest BCUT2D eigenvalue weighted by molar-refractivity contribution is 7.98. The number of amides is 1. The number of piperidine rings is 1. The van der Waals surface area contributed by atoms with E-state index in [4.69, 9.17) is 4.42 Å². The van der Waals surface area contributed by atoms with Crippen molar-refractivity contribution in [3.63, 3.8) is 0 Å². The zero-order valence-electron chi connectivity index (χ0n) is 16.6. The first-order valence-electron chi connectivity index (χ1n) is 10.1. The van der Waals surface area contributed by atoms with Crippen LogP contribution in [0.5, 0.6) is 0 Å². The second kappa shape index (κ2) is 9.05. The maximum absolute atomic E-state index is 13.0. The molecular weight excluding hydrogens is 386 g/mol. The van der Waals surface area contributed by atoms with Crippen LogP contribution in [0.3, 0.4) is 0 Å². The molecule has 6 nitrogen and oxygen atoms in total. The molecule has 1 amide bonds. The number of fused-ring (bicyclic) bond motifs is 4. The molecule has 3 atom stereocenters. The Bertz CT molecular complexity index is 922. The van der Waals surface area contributed by atoms with Crippen LogP contribution in [0, 0.1) is 5.92 Å². The number of carbonyl (C=O) groups is 1. The van der Waals surface area contributed by atoms with Crippen LogP contribution in [0.25, 0.3) is 6.08 Å². The number of hydrogen-bond donors (Lipinski definition) is 1. The molecule has 2 aliphatic heterocycles. The van der Waals surface area contributed by atoms with Gasteiger partial charge in [-0.3, -0.25) is 19.1 Å². The minimum absolute atomic E-state index is 0.0370. The number of rotatable bonds is 7. The van der Waals surface area contributed by atoms with Crippen LogP contribution < -0.4 is 10.9 Å². The predicted molar refractivity (Wildman–Crippen MR) is 116 cm³/mol. The fraction of sp³-hybridized carbons (Fsp3) is 0.455. The summed E-state index contributed by atoms with van der Waals surface area (Å²) in [6.07, 6.45) is 8.72. The average Bonchev–Trinajstić information content (AvgIpc) is 3.22. The number of thioether (sulfide) groups is 1. The monoisotopic (exact) mass is 413 g/mol. The Morgan fingerprint density at radius 1 is 1.31 bits per heavy atom. The van der Waals surface area contributed by atoms with Crippen LogP contribution in [0.2, 0.25) is 0 Å². The van der Waals surface area contributed by atoms with Crippen molar-refractivity contribution in [2.75, 3.05) is 38.2 Å². The Morgan fingerprint density at radius 2 is 2.21 bits per heavy atom. The molecule has 2 aliphatic rings. The van der Waals surface area contributed by atoms with Gasteiger partial charge in [-0.05, 0) is 37.0 Å². The standard InChI is InChI=1S/C22H27N3O3S/c1-29-12-9-23-22(27)21-17-13-16(19-7-2-8-20(26)25(19)21)14-24(15-17)10-3-5-18-6-4-11-28-18/h2-8,11,16-17,21H,9-10,12-15H2,1H3,(H,23,27)/b5-3+/t16-,17+,21+/m0/s1. The van der Waals surface area contributed by atoms with Gasteiger partial charge in [-0.15, -0.1) is 0 Å². The Kier molecular flexibility index (Phi) is 6.25. The Morgan fingerprint density at radius 3 is 3.00 bits per heavy atom. The SMILES string of the molecule is CSCCNC(=O)[C@H]1[C@@H]2C[C@@H](CN(C/C=C/c3ccco3)C2)c2cccc(=O)n21. The lowest BCUT2D eigenvalue weighted by Crippen LogP contribution is -2.53. The van der Waals surface area contributed by atoms with E-state index in [1.54, 1.807) is 28.7 Å². The summed E-state index contributed by atoms with van der Waals surface area (Å²) in [6, 6.07) is 8.75. The van der Waals surface area contributed by atoms with E-state index in [1.165, 1.54) is 0 Å². The van der Waals surface area contributed by atoms with E-state index >= 15 is 0 Å². The molecule has 0 radical (unpaired) electrons. The van der Waals surface area contributed by atoms with E-state index in [2.05, 4.69) is 16.3 Å². The zero-order chi connectivity index (χ0) is 20.2. The molecule has 7 heteroatoms. The van der Waals surface area contributed by atoms with Crippen molar-refractivity contribution in [1.29, 1.82) is 0 Å². The topological polar surface area (TPSA) is 67.5 Å². The first-order valence-corrected chi connectivity index (χ1v) is 11.5. The number of carbonyl (C=O) groups excluding carboxylic acids is 1. The van der Waals surface area contributed by atoms with Gasteiger partial charge in [0, 0.05) is 55.5 Å². The molecular formula is C22H27N3O3S. The van der Waals surface area contributed by atoms with Crippen molar-refractivity contribution in [2.45, 2.75) is 18.4 Å². The van der Waals surface area contributed by atoms with Gasteiger partial charge >= 0.3 is 0 Å². The van der Waals surface area contributed by atoms with Gasteiger partial charge in [-0.1, -0.05) is 12.1 Å². The maximum Gasteiger partial charge on any atom is 0.251 e. The van der Waals surface area contributed by atoms with Crippen molar-refractivity contribution < 1.29 is 9.21 Å². The highest BCUT2D eigenvalue weighted by Gasteiger charge is 2.43. The third-order valence-corrected chi connectivity index (χ3v) is 6.40. The summed E-state index contributed by atoms with van der Waals surface area (Å²) in [5.41, 5.74) is 0.909. The zero-order valence-corrected chi connectivity index (χ0v) is 17.4. The summed E-state index contributed by atoms with van der Waals surface area (Å²) >= 11 is 1.70. The predicted octanol–water partition coefficient (Wildman–Crippen LogP) is 2.59. The first-order chi connectivity index (χ1) is 14.2. The van der Waals surface area contributed by atoms with E-state index in [0.29, 0.717) is 6.54 Å². The van der Waals surface area contributed by atoms with E-state index in [0.717, 1.165) is 43.3 Å². The van der Waals surface area contributed by atoms with Gasteiger partial charge in [-0.25, -0.2) is 0 Å². The lowest BCUT2D eigenvalue weighted by atomic mass is 9.78. The van der Waals surface area contributed by atoms with Crippen molar-refractivity contribution in [3.05, 3.63) is 64.5 Å². The van der Waals surface area contributed by atoms with Crippen molar-refractivity contribution >= 4 is 23.7 Å². The average molecular weight is 414 g/mol. The van der Waals surface area contributed by atoms with Gasteiger partial charge in [0.15, 0.2) is 0 Å². The highest BCUT2D eigenvalue weighted by Crippen LogP contribution is 2.41. The van der Waals surface area contributed by atoms with Gasteiger partial charge in [0.2, 0.25) is 5.91 Å². The molecule has 4 rings (SSSR count). The normalized spacial score (nSPS) is 23.8. The summed E-state index contributed by atoms with van der Waals surface area (Å²) in [5, 5.41) is 3.04. The van der Waals surface area contributed by atoms with E-state index < -0.39 is 6.04 Å². The molecule has 4 heterocycles. The number of furan rings is 1. The molecule has 154 valence electrons. The highest BCUT2D eigenvalue weighted by atomic mass is 32.2. The summed E-state index contributed by atoms with van der Waals surface area (Å²) in [4.78, 5) is 28.1. The molecule has 1 saturated heterocycles. The van der Waals surface area contributed by atoms with Crippen molar-refractivity contribution in [3.8, 4) is 0 Å². The van der Waals surface area contributed by atoms with Gasteiger partial charge in [0.1, 0.15) is 11.8 Å². The van der Waals surface area contributed by atoms with Crippen LogP contribution in [0.15, 0.2) is 51.9 Å². The lowest BCUT2D eigenvalue weighted by molar-refractivity contribution is -0.127. The number of aromatic nitrogens is 1. The molecule has 0 saturated carbocycles. The Hall–Kier alpha value is -2.25. The second-order valence-corrected chi connectivity index (χ2v) is 8.70. The van der Waals surface area contributed by atoms with E-state index in [1.807, 2.05) is 36.6 Å². The molecule has 2 bridgehead atoms. The van der Waals surface area contributed by atoms with Crippen molar-refractivity contribution in [1.82, 2.24) is 14.8 Å². The molecule has 29 heavy (non-hydrogen) atoms. The number of likely N-dealkylation sites (tertiary alicyclic amines) is 1. The fourth-order valence-electron chi connectivity index (χ4n) is 4.60. The summed E-state index contributed by atoms with van der Waals surface area (Å²) in [6.45, 7) is 3.12. The quantitative estimate of drug-likeness (QED) is 0.707. The number of hydrogen-bond acceptors (Lipinski definition) is 5. The third-order valence-electron chi connectivity index (χ3n) is 5.79. The van der Waals surface area contributed by atoms with E-state index in [9.17, 15) is 9.59 Å². The molecule has 0 spiro atoms. The lowest BCUT2D eigenvalue weighted by Gasteiger charge is -2.46. The smallest absolute Gasteiger partial charge is 0.251 e. The summed E-state index contributed by atoms with van der Waals surface area (Å²) in [7, 11) is 0. The Labute approximate surface area is 175 Å². The number of nitrogens with zero attached hydrogens (tertiary/aromatic N) is 2. The van der Waals surface area contributed by atoms with Gasteiger partial charge < -0.3 is 9.73 Å². The molecule has 1 N–H and O–H groups in total. The van der Waals surface area contributed by atoms with Gasteiger partial charge in [0.25, 0.3) is 5.56 Å². The molecule has 0 aromatic carbocycles. The Balaban J connectivity index is 1.55. The molecule has 2 aromatic rings.